The molecule has 0 atom stereocenters. The largest absolute Gasteiger partial charge is 0.489 e. The van der Waals surface area contributed by atoms with E-state index in [0.717, 1.165) is 25.7 Å². The second kappa shape index (κ2) is 13.8. The monoisotopic (exact) mass is 512 g/mol. The second-order valence-electron chi connectivity index (χ2n) is 10.4. The zero-order valence-corrected chi connectivity index (χ0v) is 23.6. The van der Waals surface area contributed by atoms with Crippen LogP contribution in [0.15, 0.2) is 83.0 Å². The predicted octanol–water partition coefficient (Wildman–Crippen LogP) is 8.61. The summed E-state index contributed by atoms with van der Waals surface area (Å²) in [6.45, 7) is 13.2. The van der Waals surface area contributed by atoms with E-state index in [1.807, 2.05) is 12.2 Å². The van der Waals surface area contributed by atoms with Gasteiger partial charge in [-0.3, -0.25) is 9.59 Å². The summed E-state index contributed by atoms with van der Waals surface area (Å²) in [6.07, 6.45) is 12.4. The van der Waals surface area contributed by atoms with Gasteiger partial charge in [-0.05, 0) is 91.5 Å². The van der Waals surface area contributed by atoms with E-state index in [-0.39, 0.29) is 22.7 Å². The Labute approximate surface area is 227 Å². The zero-order valence-electron chi connectivity index (χ0n) is 23.6. The highest BCUT2D eigenvalue weighted by molar-refractivity contribution is 6.30. The first kappa shape index (κ1) is 28.9. The molecule has 2 aromatic carbocycles. The molecule has 200 valence electrons. The molecule has 4 heteroatoms. The van der Waals surface area contributed by atoms with Crippen LogP contribution in [-0.4, -0.2) is 24.8 Å². The Bertz CT molecular complexity index is 1200. The van der Waals surface area contributed by atoms with E-state index in [2.05, 4.69) is 53.7 Å². The molecule has 1 aliphatic rings. The van der Waals surface area contributed by atoms with E-state index in [1.54, 1.807) is 36.4 Å². The smallest absolute Gasteiger partial charge is 0.198 e. The number of hydrogen-bond acceptors (Lipinski definition) is 4. The van der Waals surface area contributed by atoms with Crippen LogP contribution in [0.4, 0.5) is 0 Å². The average Bonchev–Trinajstić information content (AvgIpc) is 2.87. The van der Waals surface area contributed by atoms with Gasteiger partial charge in [0.25, 0.3) is 0 Å². The van der Waals surface area contributed by atoms with Crippen molar-refractivity contribution >= 4 is 11.6 Å². The molecule has 0 bridgehead atoms. The molecule has 0 saturated heterocycles. The predicted molar refractivity (Wildman–Crippen MR) is 156 cm³/mol. The average molecular weight is 513 g/mol. The molecule has 0 heterocycles. The van der Waals surface area contributed by atoms with Crippen LogP contribution in [0, 0.1) is 0 Å². The minimum Gasteiger partial charge on any atom is -0.489 e. The number of benzene rings is 2. The van der Waals surface area contributed by atoms with Gasteiger partial charge in [-0.2, -0.15) is 0 Å². The number of rotatable bonds is 12. The van der Waals surface area contributed by atoms with Crippen molar-refractivity contribution in [3.05, 3.63) is 105 Å². The maximum atomic E-state index is 13.6. The molecule has 4 nitrogen and oxygen atoms in total. The molecule has 0 amide bonds. The lowest BCUT2D eigenvalue weighted by Crippen LogP contribution is -2.23. The van der Waals surface area contributed by atoms with E-state index in [9.17, 15) is 9.59 Å². The number of carbonyl (C=O) groups is 2. The van der Waals surface area contributed by atoms with Gasteiger partial charge in [0.1, 0.15) is 24.7 Å². The molecule has 3 rings (SSSR count). The first-order valence-electron chi connectivity index (χ1n) is 13.4. The van der Waals surface area contributed by atoms with Gasteiger partial charge >= 0.3 is 0 Å². The maximum Gasteiger partial charge on any atom is 0.198 e. The lowest BCUT2D eigenvalue weighted by atomic mass is 9.83. The molecule has 0 fully saturated rings. The highest BCUT2D eigenvalue weighted by atomic mass is 16.5. The topological polar surface area (TPSA) is 52.6 Å². The molecule has 0 saturated carbocycles. The summed E-state index contributed by atoms with van der Waals surface area (Å²) < 4.78 is 12.1. The summed E-state index contributed by atoms with van der Waals surface area (Å²) in [5.41, 5.74) is 6.41. The lowest BCUT2D eigenvalue weighted by molar-refractivity contribution is 0.0973. The quantitative estimate of drug-likeness (QED) is 0.228. The number of carbonyl (C=O) groups excluding carboxylic acids is 2. The number of hydrogen-bond donors (Lipinski definition) is 0. The third kappa shape index (κ3) is 7.67. The van der Waals surface area contributed by atoms with Crippen molar-refractivity contribution in [3.63, 3.8) is 0 Å². The molecule has 0 unspecified atom stereocenters. The summed E-state index contributed by atoms with van der Waals surface area (Å²) in [7, 11) is 0. The third-order valence-electron chi connectivity index (χ3n) is 6.52. The molecule has 38 heavy (non-hydrogen) atoms. The molecule has 2 aromatic rings. The number of fused-ring (bicyclic) bond motifs is 2. The zero-order chi connectivity index (χ0) is 27.7. The molecular weight excluding hydrogens is 472 g/mol. The molecule has 0 aromatic heterocycles. The van der Waals surface area contributed by atoms with Crippen LogP contribution in [0.5, 0.6) is 11.5 Å². The van der Waals surface area contributed by atoms with Crippen molar-refractivity contribution in [1.29, 1.82) is 0 Å². The Kier molecular flexibility index (Phi) is 10.5. The van der Waals surface area contributed by atoms with Gasteiger partial charge in [0.15, 0.2) is 11.6 Å². The Morgan fingerprint density at radius 2 is 1.00 bits per heavy atom. The Morgan fingerprint density at radius 1 is 0.605 bits per heavy atom. The highest BCUT2D eigenvalue weighted by Crippen LogP contribution is 2.38. The van der Waals surface area contributed by atoms with Crippen molar-refractivity contribution < 1.29 is 19.1 Å². The molecular formula is C34H40O4. The summed E-state index contributed by atoms with van der Waals surface area (Å²) in [6, 6.07) is 10.4. The molecule has 0 radical (unpaired) electrons. The van der Waals surface area contributed by atoms with E-state index in [1.165, 1.54) is 22.3 Å². The summed E-state index contributed by atoms with van der Waals surface area (Å²) >= 11 is 0. The Hall–Kier alpha value is -3.66. The van der Waals surface area contributed by atoms with Crippen LogP contribution in [0.25, 0.3) is 0 Å². The second-order valence-corrected chi connectivity index (χ2v) is 10.4. The number of allylic oxidation sites excluding steroid dienone is 6. The minimum atomic E-state index is -0.214. The number of ketones is 2. The standard InChI is InChI=1S/C34H40O4/c1-23(2)11-9-13-25(5)19-21-37-29-17-18-30(38-22-20-26(6)14-10-12-24(3)4)32-31(29)33(35)27-15-7-8-16-28(27)34(32)36/h7-8,11-12,15-20H,9-10,13-14,21-22H2,1-6H3/b25-19+,26-20+. The SMILES string of the molecule is CC(C)=CCC/C(C)=C/COc1ccc(OC/C=C(\C)CCC=C(C)C)c2c1C(=O)c1ccccc1C2=O. The fourth-order valence-electron chi connectivity index (χ4n) is 4.33. The van der Waals surface area contributed by atoms with Crippen molar-refractivity contribution in [2.75, 3.05) is 13.2 Å². The summed E-state index contributed by atoms with van der Waals surface area (Å²) in [4.78, 5) is 27.1. The first-order chi connectivity index (χ1) is 18.2. The van der Waals surface area contributed by atoms with Gasteiger partial charge in [0.2, 0.25) is 0 Å². The van der Waals surface area contributed by atoms with Crippen molar-refractivity contribution in [3.8, 4) is 11.5 Å². The summed E-state index contributed by atoms with van der Waals surface area (Å²) in [5.74, 6) is 0.380. The van der Waals surface area contributed by atoms with Crippen LogP contribution in [0.2, 0.25) is 0 Å². The van der Waals surface area contributed by atoms with Gasteiger partial charge in [-0.25, -0.2) is 0 Å². The van der Waals surface area contributed by atoms with E-state index in [4.69, 9.17) is 9.47 Å². The van der Waals surface area contributed by atoms with Gasteiger partial charge in [0.05, 0.1) is 11.1 Å². The van der Waals surface area contributed by atoms with Gasteiger partial charge < -0.3 is 9.47 Å². The van der Waals surface area contributed by atoms with Gasteiger partial charge in [-0.15, -0.1) is 0 Å². The van der Waals surface area contributed by atoms with Gasteiger partial charge in [0, 0.05) is 11.1 Å². The lowest BCUT2D eigenvalue weighted by Gasteiger charge is -2.22. The maximum absolute atomic E-state index is 13.6. The van der Waals surface area contributed by atoms with Crippen molar-refractivity contribution in [2.24, 2.45) is 0 Å². The molecule has 0 spiro atoms. The summed E-state index contributed by atoms with van der Waals surface area (Å²) in [5, 5.41) is 0. The highest BCUT2D eigenvalue weighted by Gasteiger charge is 2.35. The van der Waals surface area contributed by atoms with E-state index < -0.39 is 0 Å². The minimum absolute atomic E-state index is 0.214. The Balaban J connectivity index is 1.84. The third-order valence-corrected chi connectivity index (χ3v) is 6.52. The van der Waals surface area contributed by atoms with Crippen LogP contribution in [0.3, 0.4) is 0 Å². The fourth-order valence-corrected chi connectivity index (χ4v) is 4.33. The van der Waals surface area contributed by atoms with Crippen molar-refractivity contribution in [1.82, 2.24) is 0 Å². The molecule has 1 aliphatic carbocycles. The van der Waals surface area contributed by atoms with Gasteiger partial charge in [-0.1, -0.05) is 58.7 Å². The fraction of sp³-hybridized carbons (Fsp3) is 0.353. The molecule has 0 N–H and O–H groups in total. The van der Waals surface area contributed by atoms with Crippen LogP contribution in [0.1, 0.15) is 99.1 Å². The number of ether oxygens (including phenoxy) is 2. The normalized spacial score (nSPS) is 13.0. The van der Waals surface area contributed by atoms with Crippen LogP contribution in [-0.2, 0) is 0 Å². The van der Waals surface area contributed by atoms with E-state index in [0.29, 0.717) is 35.8 Å². The van der Waals surface area contributed by atoms with Crippen LogP contribution < -0.4 is 9.47 Å². The van der Waals surface area contributed by atoms with Crippen molar-refractivity contribution in [2.45, 2.75) is 67.2 Å². The first-order valence-corrected chi connectivity index (χ1v) is 13.4. The molecule has 0 aliphatic heterocycles. The van der Waals surface area contributed by atoms with Crippen LogP contribution >= 0.6 is 0 Å². The van der Waals surface area contributed by atoms with E-state index >= 15 is 0 Å². The Morgan fingerprint density at radius 3 is 1.37 bits per heavy atom.